The number of hydrogen-bond acceptors (Lipinski definition) is 11. The van der Waals surface area contributed by atoms with E-state index in [4.69, 9.17) is 18.9 Å². The lowest BCUT2D eigenvalue weighted by Crippen LogP contribution is -2.45. The topological polar surface area (TPSA) is 183 Å². The minimum Gasteiger partial charge on any atom is -0.490 e. The monoisotopic (exact) mass is 775 g/mol. The summed E-state index contributed by atoms with van der Waals surface area (Å²) in [5.74, 6) is 0.629. The summed E-state index contributed by atoms with van der Waals surface area (Å²) in [5, 5.41) is 30.7. The van der Waals surface area contributed by atoms with Gasteiger partial charge in [-0.1, -0.05) is 6.07 Å². The summed E-state index contributed by atoms with van der Waals surface area (Å²) in [6.45, 7) is 3.74. The fraction of sp³-hybridized carbons (Fsp3) is 0.258. The molecule has 16 heteroatoms. The number of nitrogens with one attached hydrogen (secondary N) is 3. The number of rotatable bonds is 14. The van der Waals surface area contributed by atoms with E-state index in [9.17, 15) is 24.8 Å². The van der Waals surface area contributed by atoms with Crippen molar-refractivity contribution in [3.8, 4) is 17.2 Å². The van der Waals surface area contributed by atoms with E-state index in [1.54, 1.807) is 56.3 Å². The van der Waals surface area contributed by atoms with Crippen LogP contribution in [0, 0.1) is 10.1 Å². The maximum Gasteiger partial charge on any atom is 0.337 e. The lowest BCUT2D eigenvalue weighted by molar-refractivity contribution is -0.384. The Morgan fingerprint density at radius 2 is 1.81 bits per heavy atom. The number of hydrogen-bond donors (Lipinski definition) is 4. The lowest BCUT2D eigenvalue weighted by atomic mass is 9.95. The first-order valence-electron chi connectivity index (χ1n) is 14.1. The van der Waals surface area contributed by atoms with Crippen molar-refractivity contribution in [1.29, 1.82) is 0 Å². The van der Waals surface area contributed by atoms with E-state index in [2.05, 4.69) is 53.0 Å². The van der Waals surface area contributed by atoms with Crippen molar-refractivity contribution >= 4 is 55.8 Å². The smallest absolute Gasteiger partial charge is 0.337 e. The molecule has 0 bridgehead atoms. The molecule has 0 fully saturated rings. The number of allylic oxidation sites excluding steroid dienone is 1. The van der Waals surface area contributed by atoms with Gasteiger partial charge in [-0.3, -0.25) is 15.5 Å². The minimum absolute atomic E-state index is 0.00373. The van der Waals surface area contributed by atoms with Crippen molar-refractivity contribution < 1.29 is 38.6 Å². The summed E-state index contributed by atoms with van der Waals surface area (Å²) in [5.41, 5.74) is 5.25. The molecular weight excluding hydrogens is 746 g/mol. The molecular formula is C31H31Br2N5O9. The highest BCUT2D eigenvalue weighted by atomic mass is 79.9. The average Bonchev–Trinajstić information content (AvgIpc) is 3.03. The van der Waals surface area contributed by atoms with Crippen molar-refractivity contribution in [2.45, 2.75) is 32.7 Å². The molecule has 1 aliphatic rings. The fourth-order valence-electron chi connectivity index (χ4n) is 4.48. The zero-order valence-corrected chi connectivity index (χ0v) is 28.6. The highest BCUT2D eigenvalue weighted by Crippen LogP contribution is 2.36. The number of aliphatic hydroxyl groups excluding tert-OH is 1. The van der Waals surface area contributed by atoms with Gasteiger partial charge in [-0.25, -0.2) is 9.59 Å². The van der Waals surface area contributed by atoms with E-state index in [1.165, 1.54) is 25.5 Å². The summed E-state index contributed by atoms with van der Waals surface area (Å²) in [4.78, 5) is 35.0. The molecule has 0 saturated heterocycles. The van der Waals surface area contributed by atoms with E-state index in [0.29, 0.717) is 49.6 Å². The van der Waals surface area contributed by atoms with E-state index in [-0.39, 0.29) is 24.5 Å². The molecule has 14 nitrogen and oxygen atoms in total. The molecule has 2 atom stereocenters. The maximum absolute atomic E-state index is 12.4. The molecule has 0 spiro atoms. The molecule has 1 aliphatic heterocycles. The summed E-state index contributed by atoms with van der Waals surface area (Å²) in [6, 6.07) is 13.4. The standard InChI is InChI=1S/C31H31Br2N5O9/c1-4-45-25-13-20(28-27(30(40)44-3)17(2)35-31(41)36-28)7-10-24(25)46-16-26(39)37-34-14-19-11-22(32)29(23(33)12-19)47-15-18-5-8-21(9-6-18)38(42)43/h5-14,26,28,37,39H,4,15-16H2,1-3H3,(H2,35,36,41)/b34-14-/t26-,28-/m0/s1. The number of nitro benzene ring substituents is 1. The quantitative estimate of drug-likeness (QED) is 0.0557. The number of halogens is 2. The first-order valence-corrected chi connectivity index (χ1v) is 15.7. The SMILES string of the molecule is CCOc1cc([C@@H]2NC(=O)NC(C)=C2C(=O)OC)ccc1OC[C@H](O)N/N=C\c1cc(Br)c(OCc2ccc([N+](=O)[O-])cc2)c(Br)c1. The zero-order chi connectivity index (χ0) is 34.1. The number of esters is 1. The van der Waals surface area contributed by atoms with Gasteiger partial charge in [-0.05, 0) is 98.8 Å². The van der Waals surface area contributed by atoms with E-state index in [0.717, 1.165) is 5.56 Å². The third-order valence-corrected chi connectivity index (χ3v) is 7.84. The van der Waals surface area contributed by atoms with Gasteiger partial charge in [0, 0.05) is 17.8 Å². The average molecular weight is 777 g/mol. The zero-order valence-electron chi connectivity index (χ0n) is 25.4. The molecule has 0 aliphatic carbocycles. The van der Waals surface area contributed by atoms with Crippen LogP contribution < -0.4 is 30.3 Å². The number of non-ortho nitro benzene ring substituents is 1. The third kappa shape index (κ3) is 9.21. The van der Waals surface area contributed by atoms with Crippen molar-refractivity contribution in [3.05, 3.63) is 102 Å². The number of nitro groups is 1. The molecule has 0 radical (unpaired) electrons. The van der Waals surface area contributed by atoms with Crippen molar-refractivity contribution in [2.75, 3.05) is 20.3 Å². The highest BCUT2D eigenvalue weighted by Gasteiger charge is 2.32. The number of amides is 2. The van der Waals surface area contributed by atoms with Gasteiger partial charge >= 0.3 is 12.0 Å². The minimum atomic E-state index is -1.18. The Morgan fingerprint density at radius 1 is 1.11 bits per heavy atom. The lowest BCUT2D eigenvalue weighted by Gasteiger charge is -2.28. The predicted octanol–water partition coefficient (Wildman–Crippen LogP) is 5.22. The molecule has 47 heavy (non-hydrogen) atoms. The number of methoxy groups -OCH3 is 1. The van der Waals surface area contributed by atoms with Crippen LogP contribution in [0.3, 0.4) is 0 Å². The van der Waals surface area contributed by atoms with Gasteiger partial charge < -0.3 is 34.7 Å². The molecule has 3 aromatic rings. The van der Waals surface area contributed by atoms with Gasteiger partial charge in [-0.2, -0.15) is 5.10 Å². The Bertz CT molecular complexity index is 1680. The van der Waals surface area contributed by atoms with Gasteiger partial charge in [0.25, 0.3) is 5.69 Å². The van der Waals surface area contributed by atoms with Crippen LogP contribution >= 0.6 is 31.9 Å². The molecule has 2 amide bonds. The highest BCUT2D eigenvalue weighted by molar-refractivity contribution is 9.11. The van der Waals surface area contributed by atoms with E-state index < -0.39 is 29.2 Å². The number of hydrazone groups is 1. The second-order valence-corrected chi connectivity index (χ2v) is 11.6. The predicted molar refractivity (Wildman–Crippen MR) is 178 cm³/mol. The largest absolute Gasteiger partial charge is 0.490 e. The second-order valence-electron chi connectivity index (χ2n) is 9.94. The number of carbonyl (C=O) groups is 2. The molecule has 248 valence electrons. The normalized spacial score (nSPS) is 15.0. The van der Waals surface area contributed by atoms with Crippen LogP contribution in [0.2, 0.25) is 0 Å². The molecule has 4 rings (SSSR count). The Labute approximate surface area is 286 Å². The van der Waals surface area contributed by atoms with Gasteiger partial charge in [0.05, 0.1) is 45.4 Å². The maximum atomic E-state index is 12.4. The van der Waals surface area contributed by atoms with Crippen LogP contribution in [-0.2, 0) is 16.1 Å². The number of urea groups is 1. The third-order valence-electron chi connectivity index (χ3n) is 6.66. The van der Waals surface area contributed by atoms with Crippen molar-refractivity contribution in [1.82, 2.24) is 16.1 Å². The summed E-state index contributed by atoms with van der Waals surface area (Å²) < 4.78 is 23.6. The van der Waals surface area contributed by atoms with Gasteiger partial charge in [0.1, 0.15) is 19.0 Å². The van der Waals surface area contributed by atoms with Crippen LogP contribution in [-0.4, -0.2) is 54.8 Å². The number of aliphatic hydroxyl groups is 1. The Morgan fingerprint density at radius 3 is 2.45 bits per heavy atom. The molecule has 0 aromatic heterocycles. The van der Waals surface area contributed by atoms with Crippen LogP contribution in [0.4, 0.5) is 10.5 Å². The molecule has 0 saturated carbocycles. The fourth-order valence-corrected chi connectivity index (χ4v) is 5.93. The number of ether oxygens (including phenoxy) is 4. The summed E-state index contributed by atoms with van der Waals surface area (Å²) in [6.07, 6.45) is 0.317. The van der Waals surface area contributed by atoms with Crippen molar-refractivity contribution in [3.63, 3.8) is 0 Å². The Balaban J connectivity index is 1.36. The second kappa shape index (κ2) is 16.2. The van der Waals surface area contributed by atoms with Crippen LogP contribution in [0.15, 0.2) is 79.9 Å². The summed E-state index contributed by atoms with van der Waals surface area (Å²) >= 11 is 6.97. The summed E-state index contributed by atoms with van der Waals surface area (Å²) in [7, 11) is 1.26. The number of benzene rings is 3. The molecule has 4 N–H and O–H groups in total. The van der Waals surface area contributed by atoms with Gasteiger partial charge in [0.15, 0.2) is 17.7 Å². The van der Waals surface area contributed by atoms with Gasteiger partial charge in [-0.15, -0.1) is 0 Å². The molecule has 0 unspecified atom stereocenters. The van der Waals surface area contributed by atoms with Crippen molar-refractivity contribution in [2.24, 2.45) is 5.10 Å². The Kier molecular flexibility index (Phi) is 12.2. The molecule has 3 aromatic carbocycles. The molecule has 1 heterocycles. The number of carbonyl (C=O) groups excluding carboxylic acids is 2. The first-order chi connectivity index (χ1) is 22.5. The van der Waals surface area contributed by atoms with Crippen LogP contribution in [0.5, 0.6) is 17.2 Å². The number of nitrogens with zero attached hydrogens (tertiary/aromatic N) is 2. The Hall–Kier alpha value is -4.67. The first kappa shape index (κ1) is 35.2. The van der Waals surface area contributed by atoms with Crippen LogP contribution in [0.1, 0.15) is 36.6 Å². The van der Waals surface area contributed by atoms with E-state index >= 15 is 0 Å². The van der Waals surface area contributed by atoms with Crippen LogP contribution in [0.25, 0.3) is 0 Å². The van der Waals surface area contributed by atoms with Gasteiger partial charge in [0.2, 0.25) is 0 Å². The van der Waals surface area contributed by atoms with E-state index in [1.807, 2.05) is 0 Å².